The van der Waals surface area contributed by atoms with E-state index in [-0.39, 0.29) is 22.2 Å². The van der Waals surface area contributed by atoms with Crippen LogP contribution in [0.1, 0.15) is 5.56 Å². The normalized spacial score (nSPS) is 11.5. The van der Waals surface area contributed by atoms with E-state index < -0.39 is 10.0 Å². The van der Waals surface area contributed by atoms with Crippen molar-refractivity contribution in [1.82, 2.24) is 19.2 Å². The number of sulfonamides is 1. The summed E-state index contributed by atoms with van der Waals surface area (Å²) < 4.78 is 48.4. The van der Waals surface area contributed by atoms with E-state index in [1.54, 1.807) is 33.5 Å². The Hall–Kier alpha value is -3.73. The number of aromatic nitrogens is 4. The molecule has 4 aromatic rings. The summed E-state index contributed by atoms with van der Waals surface area (Å²) in [6.45, 7) is 0.525. The van der Waals surface area contributed by atoms with Gasteiger partial charge in [0.1, 0.15) is 29.1 Å². The molecule has 1 N–H and O–H groups in total. The van der Waals surface area contributed by atoms with Crippen LogP contribution in [0, 0.1) is 0 Å². The number of pyridine rings is 1. The molecule has 0 spiro atoms. The van der Waals surface area contributed by atoms with Gasteiger partial charge in [0.15, 0.2) is 10.7 Å². The van der Waals surface area contributed by atoms with Crippen LogP contribution in [0.4, 0.5) is 5.82 Å². The highest BCUT2D eigenvalue weighted by atomic mass is 32.2. The molecule has 162 valence electrons. The van der Waals surface area contributed by atoms with Crippen LogP contribution in [-0.4, -0.2) is 48.9 Å². The van der Waals surface area contributed by atoms with Crippen molar-refractivity contribution in [3.8, 4) is 17.2 Å². The Balaban J connectivity index is 1.76. The van der Waals surface area contributed by atoms with Crippen molar-refractivity contribution >= 4 is 21.4 Å². The van der Waals surface area contributed by atoms with Crippen LogP contribution in [0.25, 0.3) is 5.52 Å². The lowest BCUT2D eigenvalue weighted by atomic mass is 10.2. The molecule has 0 radical (unpaired) electrons. The first kappa shape index (κ1) is 20.5. The van der Waals surface area contributed by atoms with Crippen molar-refractivity contribution in [3.63, 3.8) is 0 Å². The summed E-state index contributed by atoms with van der Waals surface area (Å²) in [4.78, 5) is 4.14. The van der Waals surface area contributed by atoms with Gasteiger partial charge in [-0.3, -0.25) is 9.40 Å². The van der Waals surface area contributed by atoms with Gasteiger partial charge in [-0.15, -0.1) is 0 Å². The average molecular weight is 443 g/mol. The summed E-state index contributed by atoms with van der Waals surface area (Å²) >= 11 is 0. The molecule has 0 bridgehead atoms. The molecule has 0 aliphatic carbocycles. The summed E-state index contributed by atoms with van der Waals surface area (Å²) in [6.07, 6.45) is 6.91. The Morgan fingerprint density at radius 3 is 2.35 bits per heavy atom. The first-order valence-electron chi connectivity index (χ1n) is 9.21. The van der Waals surface area contributed by atoms with Gasteiger partial charge >= 0.3 is 0 Å². The van der Waals surface area contributed by atoms with Crippen LogP contribution in [0.5, 0.6) is 17.2 Å². The van der Waals surface area contributed by atoms with E-state index in [0.717, 1.165) is 5.56 Å². The number of nitrogens with one attached hydrogen (secondary N) is 1. The number of methoxy groups -OCH3 is 3. The fourth-order valence-corrected chi connectivity index (χ4v) is 4.65. The van der Waals surface area contributed by atoms with Crippen molar-refractivity contribution in [2.24, 2.45) is 0 Å². The largest absolute Gasteiger partial charge is 0.495 e. The maximum absolute atomic E-state index is 13.2. The molecular formula is C20H21N5O5S. The summed E-state index contributed by atoms with van der Waals surface area (Å²) in [5.41, 5.74) is 1.38. The second-order valence-corrected chi connectivity index (χ2v) is 8.19. The first-order valence-corrected chi connectivity index (χ1v) is 10.7. The van der Waals surface area contributed by atoms with Crippen molar-refractivity contribution in [3.05, 3.63) is 60.8 Å². The summed E-state index contributed by atoms with van der Waals surface area (Å²) in [6, 6.07) is 8.40. The highest BCUT2D eigenvalue weighted by Gasteiger charge is 2.27. The average Bonchev–Trinajstić information content (AvgIpc) is 3.42. The highest BCUT2D eigenvalue weighted by molar-refractivity contribution is 7.93. The van der Waals surface area contributed by atoms with Gasteiger partial charge in [0, 0.05) is 18.6 Å². The Kier molecular flexibility index (Phi) is 5.42. The molecule has 0 amide bonds. The zero-order valence-electron chi connectivity index (χ0n) is 17.1. The molecule has 10 nitrogen and oxygen atoms in total. The van der Waals surface area contributed by atoms with Crippen molar-refractivity contribution in [2.75, 3.05) is 26.1 Å². The van der Waals surface area contributed by atoms with Gasteiger partial charge < -0.3 is 18.6 Å². The molecule has 0 aliphatic heterocycles. The van der Waals surface area contributed by atoms with Crippen LogP contribution in [-0.2, 0) is 16.6 Å². The molecule has 0 saturated heterocycles. The molecule has 0 unspecified atom stereocenters. The van der Waals surface area contributed by atoms with Gasteiger partial charge in [-0.1, -0.05) is 6.07 Å². The quantitative estimate of drug-likeness (QED) is 0.445. The van der Waals surface area contributed by atoms with E-state index in [2.05, 4.69) is 14.8 Å². The third-order valence-electron chi connectivity index (χ3n) is 4.65. The summed E-state index contributed by atoms with van der Waals surface area (Å²) in [5.74, 6) is 0.898. The molecule has 0 saturated carbocycles. The number of fused-ring (bicyclic) bond motifs is 1. The molecule has 31 heavy (non-hydrogen) atoms. The SMILES string of the molecule is COc1cccc(OC)c1S(=O)(=O)Nc1ncn2cc(Cn3cccn3)cc(OC)c12. The topological polar surface area (TPSA) is 109 Å². The Morgan fingerprint density at radius 1 is 1.03 bits per heavy atom. The maximum atomic E-state index is 13.2. The second kappa shape index (κ2) is 8.19. The molecule has 11 heteroatoms. The van der Waals surface area contributed by atoms with Gasteiger partial charge in [0.25, 0.3) is 10.0 Å². The molecule has 3 aromatic heterocycles. The molecular weight excluding hydrogens is 422 g/mol. The number of hydrogen-bond acceptors (Lipinski definition) is 7. The van der Waals surface area contributed by atoms with Gasteiger partial charge in [-0.05, 0) is 29.8 Å². The molecule has 0 fully saturated rings. The Bertz CT molecular complexity index is 1290. The fraction of sp³-hybridized carbons (Fsp3) is 0.200. The number of hydrogen-bond donors (Lipinski definition) is 1. The van der Waals surface area contributed by atoms with E-state index in [9.17, 15) is 8.42 Å². The van der Waals surface area contributed by atoms with E-state index in [1.807, 2.05) is 24.5 Å². The smallest absolute Gasteiger partial charge is 0.270 e. The number of anilines is 1. The maximum Gasteiger partial charge on any atom is 0.270 e. The molecule has 3 heterocycles. The van der Waals surface area contributed by atoms with Crippen LogP contribution < -0.4 is 18.9 Å². The van der Waals surface area contributed by atoms with Crippen molar-refractivity contribution < 1.29 is 22.6 Å². The van der Waals surface area contributed by atoms with Crippen LogP contribution in [0.2, 0.25) is 0 Å². The number of ether oxygens (including phenoxy) is 3. The molecule has 0 atom stereocenters. The second-order valence-electron chi connectivity index (χ2n) is 6.57. The van der Waals surface area contributed by atoms with E-state index in [0.29, 0.717) is 17.8 Å². The lowest BCUT2D eigenvalue weighted by molar-refractivity contribution is 0.373. The van der Waals surface area contributed by atoms with Crippen LogP contribution in [0.15, 0.2) is 60.1 Å². The predicted octanol–water partition coefficient (Wildman–Crippen LogP) is 2.41. The molecule has 1 aromatic carbocycles. The van der Waals surface area contributed by atoms with Gasteiger partial charge in [-0.2, -0.15) is 5.10 Å². The minimum absolute atomic E-state index is 0.115. The zero-order chi connectivity index (χ0) is 22.0. The zero-order valence-corrected chi connectivity index (χ0v) is 18.0. The summed E-state index contributed by atoms with van der Waals surface area (Å²) in [5, 5.41) is 4.20. The summed E-state index contributed by atoms with van der Waals surface area (Å²) in [7, 11) is 0.219. The Morgan fingerprint density at radius 2 is 1.74 bits per heavy atom. The molecule has 4 rings (SSSR count). The standard InChI is InChI=1S/C20H21N5O5S/c1-28-15-6-4-7-16(29-2)19(15)31(26,27)23-20-18-17(30-3)10-14(11-24(18)13-21-20)12-25-9-5-8-22-25/h4-11,13,23H,12H2,1-3H3. The van der Waals surface area contributed by atoms with Crippen molar-refractivity contribution in [2.45, 2.75) is 11.4 Å². The third-order valence-corrected chi connectivity index (χ3v) is 6.06. The van der Waals surface area contributed by atoms with Gasteiger partial charge in [0.2, 0.25) is 0 Å². The lowest BCUT2D eigenvalue weighted by Crippen LogP contribution is -2.16. The number of nitrogens with zero attached hydrogens (tertiary/aromatic N) is 4. The number of benzene rings is 1. The first-order chi connectivity index (χ1) is 15.0. The lowest BCUT2D eigenvalue weighted by Gasteiger charge is -2.14. The number of rotatable bonds is 8. The minimum Gasteiger partial charge on any atom is -0.495 e. The highest BCUT2D eigenvalue weighted by Crippen LogP contribution is 2.36. The van der Waals surface area contributed by atoms with Crippen molar-refractivity contribution in [1.29, 1.82) is 0 Å². The monoisotopic (exact) mass is 443 g/mol. The molecule has 0 aliphatic rings. The fourth-order valence-electron chi connectivity index (χ4n) is 3.31. The Labute approximate surface area is 179 Å². The third kappa shape index (κ3) is 3.87. The number of imidazole rings is 1. The minimum atomic E-state index is -4.08. The van der Waals surface area contributed by atoms with E-state index in [1.165, 1.54) is 27.7 Å². The predicted molar refractivity (Wildman–Crippen MR) is 113 cm³/mol. The van der Waals surface area contributed by atoms with Crippen LogP contribution in [0.3, 0.4) is 0 Å². The van der Waals surface area contributed by atoms with E-state index in [4.69, 9.17) is 14.2 Å². The van der Waals surface area contributed by atoms with E-state index >= 15 is 0 Å². The van der Waals surface area contributed by atoms with Crippen LogP contribution >= 0.6 is 0 Å². The van der Waals surface area contributed by atoms with Gasteiger partial charge in [-0.25, -0.2) is 13.4 Å². The van der Waals surface area contributed by atoms with Gasteiger partial charge in [0.05, 0.1) is 27.9 Å².